The Morgan fingerprint density at radius 3 is 2.62 bits per heavy atom. The average molecular weight is 543 g/mol. The highest BCUT2D eigenvalue weighted by Gasteiger charge is 2.35. The Hall–Kier alpha value is -3.02. The van der Waals surface area contributed by atoms with Crippen LogP contribution < -0.4 is 20.3 Å². The molecule has 0 saturated carbocycles. The van der Waals surface area contributed by atoms with Crippen LogP contribution in [0.25, 0.3) is 0 Å². The molecule has 0 bridgehead atoms. The van der Waals surface area contributed by atoms with E-state index in [1.165, 1.54) is 4.31 Å². The van der Waals surface area contributed by atoms with E-state index in [0.717, 1.165) is 24.3 Å². The van der Waals surface area contributed by atoms with E-state index in [-0.39, 0.29) is 28.6 Å². The highest BCUT2D eigenvalue weighted by Crippen LogP contribution is 2.34. The van der Waals surface area contributed by atoms with Crippen LogP contribution in [0.15, 0.2) is 64.1 Å². The Morgan fingerprint density at radius 1 is 1.09 bits per heavy atom. The summed E-state index contributed by atoms with van der Waals surface area (Å²) >= 11 is 3.48. The molecule has 0 aliphatic carbocycles. The Kier molecular flexibility index (Phi) is 6.24. The minimum absolute atomic E-state index is 0.0435. The molecular formula is C23H23BrN6O3S. The summed E-state index contributed by atoms with van der Waals surface area (Å²) in [6, 6.07) is 13.7. The third-order valence-corrected chi connectivity index (χ3v) is 8.28. The Balaban J connectivity index is 1.52. The van der Waals surface area contributed by atoms with Gasteiger partial charge in [0.2, 0.25) is 11.9 Å². The molecule has 1 aromatic heterocycles. The zero-order chi connectivity index (χ0) is 23.7. The van der Waals surface area contributed by atoms with Crippen LogP contribution >= 0.6 is 15.9 Å². The molecule has 0 radical (unpaired) electrons. The van der Waals surface area contributed by atoms with Gasteiger partial charge >= 0.3 is 0 Å². The quantitative estimate of drug-likeness (QED) is 0.436. The molecule has 2 aliphatic rings. The van der Waals surface area contributed by atoms with Crippen molar-refractivity contribution in [2.45, 2.75) is 30.2 Å². The molecule has 176 valence electrons. The van der Waals surface area contributed by atoms with Gasteiger partial charge in [0, 0.05) is 23.6 Å². The molecule has 0 unspecified atom stereocenters. The lowest BCUT2D eigenvalue weighted by molar-refractivity contribution is -0.115. The maximum Gasteiger partial charge on any atom is 0.265 e. The second kappa shape index (κ2) is 9.32. The van der Waals surface area contributed by atoms with E-state index < -0.39 is 10.0 Å². The minimum atomic E-state index is -3.87. The molecule has 3 heterocycles. The number of rotatable bonds is 6. The molecule has 3 aromatic rings. The minimum Gasteiger partial charge on any atom is -0.326 e. The normalized spacial score (nSPS) is 16.1. The van der Waals surface area contributed by atoms with Crippen molar-refractivity contribution in [1.29, 1.82) is 0 Å². The van der Waals surface area contributed by atoms with E-state index in [0.29, 0.717) is 29.4 Å². The van der Waals surface area contributed by atoms with Gasteiger partial charge in [0.05, 0.1) is 15.8 Å². The van der Waals surface area contributed by atoms with E-state index in [1.54, 1.807) is 36.5 Å². The largest absolute Gasteiger partial charge is 0.326 e. The van der Waals surface area contributed by atoms with Gasteiger partial charge in [-0.1, -0.05) is 18.2 Å². The summed E-state index contributed by atoms with van der Waals surface area (Å²) in [6.07, 6.45) is 3.20. The van der Waals surface area contributed by atoms with Gasteiger partial charge in [0.1, 0.15) is 0 Å². The first kappa shape index (κ1) is 22.8. The molecule has 9 nitrogen and oxygen atoms in total. The number of nitrogens with zero attached hydrogens (tertiary/aromatic N) is 3. The fourth-order valence-corrected chi connectivity index (χ4v) is 6.44. The molecule has 34 heavy (non-hydrogen) atoms. The molecule has 1 saturated heterocycles. The molecule has 1 amide bonds. The molecule has 3 N–H and O–H groups in total. The second-order valence-electron chi connectivity index (χ2n) is 8.18. The van der Waals surface area contributed by atoms with Crippen LogP contribution in [0.2, 0.25) is 0 Å². The summed E-state index contributed by atoms with van der Waals surface area (Å²) in [5.41, 5.74) is 2.39. The first-order valence-corrected chi connectivity index (χ1v) is 13.2. The van der Waals surface area contributed by atoms with Gasteiger partial charge in [-0.15, -0.1) is 0 Å². The number of amides is 1. The van der Waals surface area contributed by atoms with Gasteiger partial charge in [0.15, 0.2) is 5.82 Å². The molecular weight excluding hydrogens is 520 g/mol. The summed E-state index contributed by atoms with van der Waals surface area (Å²) in [5, 5.41) is 9.24. The van der Waals surface area contributed by atoms with Gasteiger partial charge in [-0.2, -0.15) is 4.98 Å². The maximum absolute atomic E-state index is 13.8. The first-order valence-electron chi connectivity index (χ1n) is 10.9. The zero-order valence-electron chi connectivity index (χ0n) is 18.2. The molecule has 0 spiro atoms. The lowest BCUT2D eigenvalue weighted by Gasteiger charge is -2.35. The van der Waals surface area contributed by atoms with Gasteiger partial charge in [-0.3, -0.25) is 4.79 Å². The summed E-state index contributed by atoms with van der Waals surface area (Å²) in [6.45, 7) is 1.45. The number of hydrogen-bond donors (Lipinski definition) is 3. The SMILES string of the molecule is O=C1Cc2cc(Nc3ncc(Br)c(N(C4CCNCC4)S(=O)(=O)c4ccccc4)n3)ccc2N1. The van der Waals surface area contributed by atoms with Crippen LogP contribution in [0.5, 0.6) is 0 Å². The third-order valence-electron chi connectivity index (χ3n) is 5.86. The van der Waals surface area contributed by atoms with Crippen LogP contribution in [0.4, 0.5) is 23.1 Å². The van der Waals surface area contributed by atoms with Gasteiger partial charge in [0.25, 0.3) is 10.0 Å². The number of fused-ring (bicyclic) bond motifs is 1. The number of aromatic nitrogens is 2. The third kappa shape index (κ3) is 4.50. The first-order chi connectivity index (χ1) is 16.4. The topological polar surface area (TPSA) is 116 Å². The molecule has 11 heteroatoms. The van der Waals surface area contributed by atoms with Crippen LogP contribution in [0, 0.1) is 0 Å². The monoisotopic (exact) mass is 542 g/mol. The lowest BCUT2D eigenvalue weighted by atomic mass is 10.1. The lowest BCUT2D eigenvalue weighted by Crippen LogP contribution is -2.47. The van der Waals surface area contributed by atoms with Crippen LogP contribution in [0.1, 0.15) is 18.4 Å². The number of nitrogens with one attached hydrogen (secondary N) is 3. The van der Waals surface area contributed by atoms with Crippen LogP contribution in [0.3, 0.4) is 0 Å². The van der Waals surface area contributed by atoms with E-state index in [9.17, 15) is 13.2 Å². The van der Waals surface area contributed by atoms with E-state index in [4.69, 9.17) is 0 Å². The highest BCUT2D eigenvalue weighted by molar-refractivity contribution is 9.10. The Morgan fingerprint density at radius 2 is 1.85 bits per heavy atom. The number of halogens is 1. The van der Waals surface area contributed by atoms with Crippen molar-refractivity contribution in [2.24, 2.45) is 0 Å². The predicted octanol–water partition coefficient (Wildman–Crippen LogP) is 3.42. The van der Waals surface area contributed by atoms with Crippen molar-refractivity contribution in [2.75, 3.05) is 28.0 Å². The number of carbonyl (C=O) groups excluding carboxylic acids is 1. The predicted molar refractivity (Wildman–Crippen MR) is 134 cm³/mol. The van der Waals surface area contributed by atoms with E-state index in [2.05, 4.69) is 41.8 Å². The number of piperidine rings is 1. The van der Waals surface area contributed by atoms with Crippen molar-refractivity contribution < 1.29 is 13.2 Å². The van der Waals surface area contributed by atoms with E-state index in [1.807, 2.05) is 18.2 Å². The number of carbonyl (C=O) groups is 1. The van der Waals surface area contributed by atoms with Crippen LogP contribution in [-0.2, 0) is 21.2 Å². The summed E-state index contributed by atoms with van der Waals surface area (Å²) in [4.78, 5) is 20.8. The summed E-state index contributed by atoms with van der Waals surface area (Å²) < 4.78 is 29.5. The highest BCUT2D eigenvalue weighted by atomic mass is 79.9. The van der Waals surface area contributed by atoms with Crippen molar-refractivity contribution >= 4 is 55.0 Å². The number of sulfonamides is 1. The molecule has 1 fully saturated rings. The number of hydrogen-bond acceptors (Lipinski definition) is 7. The standard InChI is InChI=1S/C23H23BrN6O3S/c24-19-14-26-23(27-16-6-7-20-15(12-16)13-21(31)28-20)29-22(19)30(17-8-10-25-11-9-17)34(32,33)18-4-2-1-3-5-18/h1-7,12,14,17,25H,8-11,13H2,(H,28,31)(H,26,27,29). The Labute approximate surface area is 206 Å². The van der Waals surface area contributed by atoms with Gasteiger partial charge in [-0.25, -0.2) is 17.7 Å². The Bertz CT molecular complexity index is 1330. The average Bonchev–Trinajstić information content (AvgIpc) is 3.22. The van der Waals surface area contributed by atoms with Gasteiger partial charge < -0.3 is 16.0 Å². The molecule has 5 rings (SSSR count). The maximum atomic E-state index is 13.8. The fraction of sp³-hybridized carbons (Fsp3) is 0.261. The van der Waals surface area contributed by atoms with E-state index >= 15 is 0 Å². The zero-order valence-corrected chi connectivity index (χ0v) is 20.6. The summed E-state index contributed by atoms with van der Waals surface area (Å²) in [5.74, 6) is 0.502. The fourth-order valence-electron chi connectivity index (χ4n) is 4.24. The number of anilines is 4. The molecule has 0 atom stereocenters. The smallest absolute Gasteiger partial charge is 0.265 e. The van der Waals surface area contributed by atoms with Crippen LogP contribution in [-0.4, -0.2) is 43.4 Å². The number of benzene rings is 2. The molecule has 2 aromatic carbocycles. The summed E-state index contributed by atoms with van der Waals surface area (Å²) in [7, 11) is -3.87. The van der Waals surface area contributed by atoms with Crippen molar-refractivity contribution in [3.8, 4) is 0 Å². The second-order valence-corrected chi connectivity index (χ2v) is 10.9. The van der Waals surface area contributed by atoms with Crippen molar-refractivity contribution in [3.63, 3.8) is 0 Å². The van der Waals surface area contributed by atoms with Crippen molar-refractivity contribution in [3.05, 3.63) is 64.8 Å². The molecule has 2 aliphatic heterocycles. The van der Waals surface area contributed by atoms with Crippen molar-refractivity contribution in [1.82, 2.24) is 15.3 Å². The van der Waals surface area contributed by atoms with Gasteiger partial charge in [-0.05, 0) is 77.8 Å².